The van der Waals surface area contributed by atoms with Crippen molar-refractivity contribution in [3.63, 3.8) is 0 Å². The maximum absolute atomic E-state index is 5.74. The minimum absolute atomic E-state index is 0.169. The van der Waals surface area contributed by atoms with Gasteiger partial charge in [0.2, 0.25) is 5.95 Å². The summed E-state index contributed by atoms with van der Waals surface area (Å²) in [4.78, 5) is 4.11. The lowest BCUT2D eigenvalue weighted by atomic mass is 10.1. The van der Waals surface area contributed by atoms with Crippen molar-refractivity contribution in [1.29, 1.82) is 0 Å². The Kier molecular flexibility index (Phi) is 3.14. The molecule has 0 fully saturated rings. The van der Waals surface area contributed by atoms with Crippen LogP contribution < -0.4 is 10.5 Å². The van der Waals surface area contributed by atoms with Gasteiger partial charge in [-0.25, -0.2) is 4.98 Å². The number of nitrogen functional groups attached to an aromatic ring is 1. The third-order valence-electron chi connectivity index (χ3n) is 2.15. The predicted octanol–water partition coefficient (Wildman–Crippen LogP) is 2.30. The fourth-order valence-electron chi connectivity index (χ4n) is 1.50. The van der Waals surface area contributed by atoms with E-state index in [-0.39, 0.29) is 11.5 Å². The van der Waals surface area contributed by atoms with Gasteiger partial charge in [-0.1, -0.05) is 0 Å². The summed E-state index contributed by atoms with van der Waals surface area (Å²) in [6, 6.07) is 7.65. The number of nitrogens with two attached hydrogens (primary N) is 1. The average molecular weight is 244 g/mol. The summed E-state index contributed by atoms with van der Waals surface area (Å²) >= 11 is 0. The Labute approximate surface area is 106 Å². The van der Waals surface area contributed by atoms with Crippen LogP contribution in [0.3, 0.4) is 0 Å². The van der Waals surface area contributed by atoms with Crippen molar-refractivity contribution in [3.05, 3.63) is 30.5 Å². The van der Waals surface area contributed by atoms with Crippen LogP contribution in [0.2, 0.25) is 0 Å². The van der Waals surface area contributed by atoms with E-state index in [0.717, 1.165) is 11.3 Å². The monoisotopic (exact) mass is 244 g/mol. The molecule has 0 spiro atoms. The molecule has 0 amide bonds. The number of rotatable bonds is 2. The molecule has 0 saturated carbocycles. The molecule has 1 heterocycles. The molecule has 0 aliphatic heterocycles. The SMILES string of the molecule is CC(C)(C)Oc1ccc(-c2cnnc(N)n2)cc1. The summed E-state index contributed by atoms with van der Waals surface area (Å²) in [5.41, 5.74) is 6.92. The lowest BCUT2D eigenvalue weighted by Gasteiger charge is -2.21. The Balaban J connectivity index is 2.22. The van der Waals surface area contributed by atoms with E-state index in [1.54, 1.807) is 6.20 Å². The first-order chi connectivity index (χ1) is 8.44. The zero-order chi connectivity index (χ0) is 13.2. The Hall–Kier alpha value is -2.17. The van der Waals surface area contributed by atoms with Crippen molar-refractivity contribution < 1.29 is 4.74 Å². The Bertz CT molecular complexity index is 531. The summed E-state index contributed by atoms with van der Waals surface area (Å²) < 4.78 is 5.74. The van der Waals surface area contributed by atoms with Gasteiger partial charge in [0.1, 0.15) is 11.4 Å². The van der Waals surface area contributed by atoms with E-state index in [1.807, 2.05) is 45.0 Å². The molecule has 0 saturated heterocycles. The smallest absolute Gasteiger partial charge is 0.240 e. The van der Waals surface area contributed by atoms with Crippen LogP contribution in [-0.2, 0) is 0 Å². The quantitative estimate of drug-likeness (QED) is 0.877. The van der Waals surface area contributed by atoms with Gasteiger partial charge in [-0.2, -0.15) is 5.10 Å². The van der Waals surface area contributed by atoms with Gasteiger partial charge in [-0.15, -0.1) is 5.10 Å². The summed E-state index contributed by atoms with van der Waals surface area (Å²) in [6.07, 6.45) is 1.58. The zero-order valence-corrected chi connectivity index (χ0v) is 10.7. The minimum Gasteiger partial charge on any atom is -0.488 e. The molecule has 0 aliphatic rings. The fourth-order valence-corrected chi connectivity index (χ4v) is 1.50. The van der Waals surface area contributed by atoms with Crippen molar-refractivity contribution >= 4 is 5.95 Å². The fraction of sp³-hybridized carbons (Fsp3) is 0.308. The molecule has 0 aliphatic carbocycles. The lowest BCUT2D eigenvalue weighted by molar-refractivity contribution is 0.131. The molecule has 94 valence electrons. The van der Waals surface area contributed by atoms with Crippen molar-refractivity contribution in [2.45, 2.75) is 26.4 Å². The van der Waals surface area contributed by atoms with Gasteiger partial charge in [0.05, 0.1) is 11.9 Å². The number of benzene rings is 1. The molecular weight excluding hydrogens is 228 g/mol. The molecule has 0 atom stereocenters. The molecule has 5 nitrogen and oxygen atoms in total. The molecule has 18 heavy (non-hydrogen) atoms. The molecule has 2 rings (SSSR count). The van der Waals surface area contributed by atoms with Gasteiger partial charge >= 0.3 is 0 Å². The normalized spacial score (nSPS) is 11.3. The van der Waals surface area contributed by atoms with Crippen LogP contribution >= 0.6 is 0 Å². The van der Waals surface area contributed by atoms with Gasteiger partial charge in [0.15, 0.2) is 0 Å². The van der Waals surface area contributed by atoms with Crippen molar-refractivity contribution in [2.75, 3.05) is 5.73 Å². The predicted molar refractivity (Wildman–Crippen MR) is 70.1 cm³/mol. The van der Waals surface area contributed by atoms with Gasteiger partial charge in [0.25, 0.3) is 0 Å². The summed E-state index contributed by atoms with van der Waals surface area (Å²) in [5.74, 6) is 0.990. The highest BCUT2D eigenvalue weighted by Gasteiger charge is 2.11. The topological polar surface area (TPSA) is 73.9 Å². The Morgan fingerprint density at radius 3 is 2.33 bits per heavy atom. The van der Waals surface area contributed by atoms with Crippen LogP contribution in [0, 0.1) is 0 Å². The largest absolute Gasteiger partial charge is 0.488 e. The highest BCUT2D eigenvalue weighted by Crippen LogP contribution is 2.23. The summed E-state index contributed by atoms with van der Waals surface area (Å²) in [7, 11) is 0. The van der Waals surface area contributed by atoms with Gasteiger partial charge in [0, 0.05) is 5.56 Å². The molecule has 0 unspecified atom stereocenters. The average Bonchev–Trinajstić information content (AvgIpc) is 2.28. The second-order valence-electron chi connectivity index (χ2n) is 4.94. The van der Waals surface area contributed by atoms with Crippen LogP contribution in [0.5, 0.6) is 5.75 Å². The number of ether oxygens (including phenoxy) is 1. The molecule has 2 aromatic rings. The number of anilines is 1. The Morgan fingerprint density at radius 1 is 1.11 bits per heavy atom. The second kappa shape index (κ2) is 4.60. The number of hydrogen-bond acceptors (Lipinski definition) is 5. The number of nitrogens with zero attached hydrogens (tertiary/aromatic N) is 3. The standard InChI is InChI=1S/C13H16N4O/c1-13(2,3)18-10-6-4-9(5-7-10)11-8-15-17-12(14)16-11/h4-8H,1-3H3,(H2,14,16,17). The van der Waals surface area contributed by atoms with E-state index >= 15 is 0 Å². The molecule has 0 radical (unpaired) electrons. The Morgan fingerprint density at radius 2 is 1.78 bits per heavy atom. The third kappa shape index (κ3) is 3.16. The van der Waals surface area contributed by atoms with Crippen LogP contribution in [0.15, 0.2) is 30.5 Å². The third-order valence-corrected chi connectivity index (χ3v) is 2.15. The maximum atomic E-state index is 5.74. The van der Waals surface area contributed by atoms with Crippen LogP contribution in [-0.4, -0.2) is 20.8 Å². The molecule has 2 N–H and O–H groups in total. The number of aromatic nitrogens is 3. The van der Waals surface area contributed by atoms with Gasteiger partial charge in [-0.05, 0) is 45.0 Å². The lowest BCUT2D eigenvalue weighted by Crippen LogP contribution is -2.22. The second-order valence-corrected chi connectivity index (χ2v) is 4.94. The molecule has 0 bridgehead atoms. The first-order valence-electron chi connectivity index (χ1n) is 5.69. The van der Waals surface area contributed by atoms with Crippen LogP contribution in [0.25, 0.3) is 11.3 Å². The van der Waals surface area contributed by atoms with Crippen molar-refractivity contribution in [3.8, 4) is 17.0 Å². The molecule has 1 aromatic heterocycles. The molecular formula is C13H16N4O. The summed E-state index contributed by atoms with van der Waals surface area (Å²) in [5, 5.41) is 7.40. The molecule has 1 aromatic carbocycles. The van der Waals surface area contributed by atoms with Crippen molar-refractivity contribution in [2.24, 2.45) is 0 Å². The van der Waals surface area contributed by atoms with E-state index in [0.29, 0.717) is 5.69 Å². The molecule has 5 heteroatoms. The summed E-state index contributed by atoms with van der Waals surface area (Å²) in [6.45, 7) is 6.03. The first-order valence-corrected chi connectivity index (χ1v) is 5.69. The van der Waals surface area contributed by atoms with Crippen LogP contribution in [0.1, 0.15) is 20.8 Å². The van der Waals surface area contributed by atoms with E-state index in [4.69, 9.17) is 10.5 Å². The zero-order valence-electron chi connectivity index (χ0n) is 10.7. The first kappa shape index (κ1) is 12.3. The van der Waals surface area contributed by atoms with E-state index in [9.17, 15) is 0 Å². The van der Waals surface area contributed by atoms with E-state index in [2.05, 4.69) is 15.2 Å². The highest BCUT2D eigenvalue weighted by molar-refractivity contribution is 5.59. The van der Waals surface area contributed by atoms with E-state index < -0.39 is 0 Å². The minimum atomic E-state index is -0.206. The van der Waals surface area contributed by atoms with E-state index in [1.165, 1.54) is 0 Å². The van der Waals surface area contributed by atoms with Crippen molar-refractivity contribution in [1.82, 2.24) is 15.2 Å². The van der Waals surface area contributed by atoms with Gasteiger partial charge in [-0.3, -0.25) is 0 Å². The number of hydrogen-bond donors (Lipinski definition) is 1. The van der Waals surface area contributed by atoms with Crippen LogP contribution in [0.4, 0.5) is 5.95 Å². The maximum Gasteiger partial charge on any atom is 0.240 e. The van der Waals surface area contributed by atoms with Gasteiger partial charge < -0.3 is 10.5 Å². The highest BCUT2D eigenvalue weighted by atomic mass is 16.5.